The van der Waals surface area contributed by atoms with Crippen LogP contribution in [-0.2, 0) is 9.53 Å². The number of carbonyl (C=O) groups is 2. The molecule has 0 aliphatic carbocycles. The first-order chi connectivity index (χ1) is 9.08. The number of hydrogen-bond donors (Lipinski definition) is 2. The van der Waals surface area contributed by atoms with Gasteiger partial charge in [0.1, 0.15) is 0 Å². The molecule has 1 amide bonds. The highest BCUT2D eigenvalue weighted by Gasteiger charge is 2.22. The Kier molecular flexibility index (Phi) is 4.16. The Labute approximate surface area is 111 Å². The molecule has 0 spiro atoms. The SMILES string of the molecule is Cc1ccc(C(=O)O)cc1NC(=O)C1CCCOC1. The average Bonchev–Trinajstić information content (AvgIpc) is 2.42. The molecule has 1 fully saturated rings. The Morgan fingerprint density at radius 1 is 1.42 bits per heavy atom. The Bertz CT molecular complexity index is 492. The zero-order valence-electron chi connectivity index (χ0n) is 10.8. The Morgan fingerprint density at radius 2 is 2.21 bits per heavy atom. The summed E-state index contributed by atoms with van der Waals surface area (Å²) in [5, 5.41) is 11.7. The molecular formula is C14H17NO4. The van der Waals surface area contributed by atoms with Crippen LogP contribution in [0.5, 0.6) is 0 Å². The van der Waals surface area contributed by atoms with E-state index in [0.29, 0.717) is 18.9 Å². The van der Waals surface area contributed by atoms with Crippen LogP contribution in [0.15, 0.2) is 18.2 Å². The standard InChI is InChI=1S/C14H17NO4/c1-9-4-5-10(14(17)18)7-12(9)15-13(16)11-3-2-6-19-8-11/h4-5,7,11H,2-3,6,8H2,1H3,(H,15,16)(H,17,18). The Balaban J connectivity index is 2.11. The van der Waals surface area contributed by atoms with Gasteiger partial charge in [-0.2, -0.15) is 0 Å². The van der Waals surface area contributed by atoms with Crippen molar-refractivity contribution in [1.29, 1.82) is 0 Å². The van der Waals surface area contributed by atoms with Crippen LogP contribution in [0.2, 0.25) is 0 Å². The second-order valence-electron chi connectivity index (χ2n) is 4.74. The number of carboxylic acid groups (broad SMARTS) is 1. The molecule has 1 aliphatic heterocycles. The molecule has 0 radical (unpaired) electrons. The van der Waals surface area contributed by atoms with Crippen molar-refractivity contribution >= 4 is 17.6 Å². The van der Waals surface area contributed by atoms with Crippen LogP contribution in [0.4, 0.5) is 5.69 Å². The summed E-state index contributed by atoms with van der Waals surface area (Å²) in [5.41, 5.74) is 1.56. The van der Waals surface area contributed by atoms with Gasteiger partial charge in [-0.05, 0) is 37.5 Å². The van der Waals surface area contributed by atoms with Crippen molar-refractivity contribution < 1.29 is 19.4 Å². The number of ether oxygens (including phenoxy) is 1. The van der Waals surface area contributed by atoms with Gasteiger partial charge in [-0.25, -0.2) is 4.79 Å². The lowest BCUT2D eigenvalue weighted by Gasteiger charge is -2.21. The molecule has 1 atom stereocenters. The summed E-state index contributed by atoms with van der Waals surface area (Å²) in [4.78, 5) is 23.0. The molecule has 1 aromatic carbocycles. The molecule has 1 saturated heterocycles. The number of benzene rings is 1. The smallest absolute Gasteiger partial charge is 0.335 e. The third-order valence-electron chi connectivity index (χ3n) is 3.27. The fourth-order valence-electron chi connectivity index (χ4n) is 2.07. The van der Waals surface area contributed by atoms with E-state index in [2.05, 4.69) is 5.32 Å². The van der Waals surface area contributed by atoms with Crippen molar-refractivity contribution in [2.75, 3.05) is 18.5 Å². The van der Waals surface area contributed by atoms with Gasteiger partial charge in [0.2, 0.25) is 5.91 Å². The molecule has 1 aromatic rings. The van der Waals surface area contributed by atoms with Crippen molar-refractivity contribution in [2.45, 2.75) is 19.8 Å². The second kappa shape index (κ2) is 5.84. The number of carbonyl (C=O) groups excluding carboxylic acids is 1. The van der Waals surface area contributed by atoms with E-state index in [-0.39, 0.29) is 17.4 Å². The molecule has 1 aliphatic rings. The molecule has 2 rings (SSSR count). The maximum atomic E-state index is 12.1. The highest BCUT2D eigenvalue weighted by Crippen LogP contribution is 2.20. The van der Waals surface area contributed by atoms with Crippen LogP contribution in [0.25, 0.3) is 0 Å². The third kappa shape index (κ3) is 3.32. The van der Waals surface area contributed by atoms with E-state index in [1.165, 1.54) is 12.1 Å². The summed E-state index contributed by atoms with van der Waals surface area (Å²) in [5.74, 6) is -1.26. The van der Waals surface area contributed by atoms with E-state index >= 15 is 0 Å². The van der Waals surface area contributed by atoms with Gasteiger partial charge >= 0.3 is 5.97 Å². The van der Waals surface area contributed by atoms with Gasteiger partial charge in [0.25, 0.3) is 0 Å². The molecule has 0 aromatic heterocycles. The second-order valence-corrected chi connectivity index (χ2v) is 4.74. The molecule has 1 unspecified atom stereocenters. The number of nitrogens with one attached hydrogen (secondary N) is 1. The summed E-state index contributed by atoms with van der Waals surface area (Å²) in [6, 6.07) is 4.70. The molecule has 5 heteroatoms. The van der Waals surface area contributed by atoms with E-state index in [1.54, 1.807) is 6.07 Å². The quantitative estimate of drug-likeness (QED) is 0.875. The fourth-order valence-corrected chi connectivity index (χ4v) is 2.07. The van der Waals surface area contributed by atoms with Gasteiger partial charge in [-0.15, -0.1) is 0 Å². The first kappa shape index (κ1) is 13.5. The molecule has 102 valence electrons. The number of aryl methyl sites for hydroxylation is 1. The van der Waals surface area contributed by atoms with Crippen molar-refractivity contribution in [1.82, 2.24) is 0 Å². The van der Waals surface area contributed by atoms with E-state index in [9.17, 15) is 9.59 Å². The summed E-state index contributed by atoms with van der Waals surface area (Å²) in [6.45, 7) is 2.97. The van der Waals surface area contributed by atoms with E-state index in [4.69, 9.17) is 9.84 Å². The van der Waals surface area contributed by atoms with Gasteiger partial charge in [0.15, 0.2) is 0 Å². The van der Waals surface area contributed by atoms with Crippen LogP contribution >= 0.6 is 0 Å². The zero-order valence-corrected chi connectivity index (χ0v) is 10.8. The van der Waals surface area contributed by atoms with E-state index < -0.39 is 5.97 Å². The lowest BCUT2D eigenvalue weighted by atomic mass is 10.0. The minimum Gasteiger partial charge on any atom is -0.478 e. The van der Waals surface area contributed by atoms with Gasteiger partial charge in [0.05, 0.1) is 18.1 Å². The van der Waals surface area contributed by atoms with Crippen molar-refractivity contribution in [2.24, 2.45) is 5.92 Å². The fraction of sp³-hybridized carbons (Fsp3) is 0.429. The summed E-state index contributed by atoms with van der Waals surface area (Å²) < 4.78 is 5.28. The van der Waals surface area contributed by atoms with Crippen molar-refractivity contribution in [3.8, 4) is 0 Å². The first-order valence-corrected chi connectivity index (χ1v) is 6.30. The van der Waals surface area contributed by atoms with Gasteiger partial charge in [-0.3, -0.25) is 4.79 Å². The maximum Gasteiger partial charge on any atom is 0.335 e. The third-order valence-corrected chi connectivity index (χ3v) is 3.27. The van der Waals surface area contributed by atoms with Crippen LogP contribution in [0, 0.1) is 12.8 Å². The number of carboxylic acids is 1. The topological polar surface area (TPSA) is 75.6 Å². The molecular weight excluding hydrogens is 246 g/mol. The van der Waals surface area contributed by atoms with E-state index in [1.807, 2.05) is 6.92 Å². The highest BCUT2D eigenvalue weighted by atomic mass is 16.5. The monoisotopic (exact) mass is 263 g/mol. The van der Waals surface area contributed by atoms with E-state index in [0.717, 1.165) is 18.4 Å². The molecule has 5 nitrogen and oxygen atoms in total. The first-order valence-electron chi connectivity index (χ1n) is 6.30. The molecule has 0 saturated carbocycles. The van der Waals surface area contributed by atoms with Crippen molar-refractivity contribution in [3.63, 3.8) is 0 Å². The lowest BCUT2D eigenvalue weighted by molar-refractivity contribution is -0.123. The normalized spacial score (nSPS) is 18.9. The van der Waals surface area contributed by atoms with Gasteiger partial charge in [0, 0.05) is 12.3 Å². The minimum atomic E-state index is -1.00. The number of hydrogen-bond acceptors (Lipinski definition) is 3. The van der Waals surface area contributed by atoms with Crippen LogP contribution in [-0.4, -0.2) is 30.2 Å². The molecule has 19 heavy (non-hydrogen) atoms. The van der Waals surface area contributed by atoms with Gasteiger partial charge in [-0.1, -0.05) is 6.07 Å². The maximum absolute atomic E-state index is 12.1. The molecule has 1 heterocycles. The molecule has 0 bridgehead atoms. The minimum absolute atomic E-state index is 0.106. The van der Waals surface area contributed by atoms with Gasteiger partial charge < -0.3 is 15.2 Å². The van der Waals surface area contributed by atoms with Crippen LogP contribution < -0.4 is 5.32 Å². The predicted molar refractivity (Wildman–Crippen MR) is 70.3 cm³/mol. The largest absolute Gasteiger partial charge is 0.478 e. The Hall–Kier alpha value is -1.88. The summed E-state index contributed by atoms with van der Waals surface area (Å²) >= 11 is 0. The number of aromatic carboxylic acids is 1. The van der Waals surface area contributed by atoms with Crippen molar-refractivity contribution in [3.05, 3.63) is 29.3 Å². The average molecular weight is 263 g/mol. The number of rotatable bonds is 3. The highest BCUT2D eigenvalue weighted by molar-refractivity contribution is 5.95. The number of anilines is 1. The predicted octanol–water partition coefficient (Wildman–Crippen LogP) is 2.06. The molecule has 2 N–H and O–H groups in total. The summed E-state index contributed by atoms with van der Waals surface area (Å²) in [7, 11) is 0. The van der Waals surface area contributed by atoms with Crippen LogP contribution in [0.3, 0.4) is 0 Å². The summed E-state index contributed by atoms with van der Waals surface area (Å²) in [6.07, 6.45) is 1.69. The zero-order chi connectivity index (χ0) is 13.8. The lowest BCUT2D eigenvalue weighted by Crippen LogP contribution is -2.30. The Morgan fingerprint density at radius 3 is 2.84 bits per heavy atom. The van der Waals surface area contributed by atoms with Crippen LogP contribution in [0.1, 0.15) is 28.8 Å². The number of amides is 1.